The van der Waals surface area contributed by atoms with Gasteiger partial charge in [0.25, 0.3) is 0 Å². The molecule has 0 aliphatic rings. The molecule has 0 radical (unpaired) electrons. The molecular weight excluding hydrogens is 376 g/mol. The number of esters is 1. The number of para-hydroxylation sites is 1. The van der Waals surface area contributed by atoms with E-state index in [0.29, 0.717) is 16.4 Å². The largest absolute Gasteiger partial charge is 0.497 e. The maximum absolute atomic E-state index is 12.7. The van der Waals surface area contributed by atoms with E-state index >= 15 is 0 Å². The summed E-state index contributed by atoms with van der Waals surface area (Å²) in [6, 6.07) is 15.5. The van der Waals surface area contributed by atoms with Crippen LogP contribution in [0.3, 0.4) is 0 Å². The van der Waals surface area contributed by atoms with Crippen LogP contribution in [-0.2, 0) is 0 Å². The first-order valence-electron chi connectivity index (χ1n) is 8.41. The summed E-state index contributed by atoms with van der Waals surface area (Å²) < 4.78 is 15.9. The zero-order chi connectivity index (χ0) is 19.9. The van der Waals surface area contributed by atoms with Crippen molar-refractivity contribution < 1.29 is 23.8 Å². The van der Waals surface area contributed by atoms with Crippen molar-refractivity contribution in [3.05, 3.63) is 82.1 Å². The first-order chi connectivity index (χ1) is 13.6. The Morgan fingerprint density at radius 2 is 1.75 bits per heavy atom. The van der Waals surface area contributed by atoms with Crippen molar-refractivity contribution in [1.29, 1.82) is 0 Å². The van der Waals surface area contributed by atoms with Gasteiger partial charge in [-0.2, -0.15) is 0 Å². The molecule has 28 heavy (non-hydrogen) atoms. The highest BCUT2D eigenvalue weighted by Crippen LogP contribution is 2.28. The molecule has 0 unspecified atom stereocenters. The number of carbonyl (C=O) groups is 2. The van der Waals surface area contributed by atoms with Gasteiger partial charge in [0.2, 0.25) is 0 Å². The summed E-state index contributed by atoms with van der Waals surface area (Å²) in [5.74, 6) is 0.464. The Labute approximate surface area is 166 Å². The molecule has 0 bridgehead atoms. The summed E-state index contributed by atoms with van der Waals surface area (Å²) in [6.07, 6.45) is 3.08. The van der Waals surface area contributed by atoms with Crippen molar-refractivity contribution in [3.8, 4) is 17.2 Å². The maximum atomic E-state index is 12.7. The van der Waals surface area contributed by atoms with Crippen LogP contribution in [0.4, 0.5) is 0 Å². The second-order valence-electron chi connectivity index (χ2n) is 5.67. The average Bonchev–Trinajstić information content (AvgIpc) is 3.27. The smallest absolute Gasteiger partial charge is 0.353 e. The number of thiophene rings is 1. The number of ether oxygens (including phenoxy) is 3. The molecule has 0 saturated carbocycles. The van der Waals surface area contributed by atoms with Crippen LogP contribution in [0.5, 0.6) is 17.2 Å². The zero-order valence-corrected chi connectivity index (χ0v) is 16.2. The van der Waals surface area contributed by atoms with Gasteiger partial charge in [0.05, 0.1) is 19.8 Å². The van der Waals surface area contributed by atoms with E-state index in [1.165, 1.54) is 30.6 Å². The van der Waals surface area contributed by atoms with Crippen molar-refractivity contribution in [1.82, 2.24) is 0 Å². The summed E-state index contributed by atoms with van der Waals surface area (Å²) in [4.78, 5) is 25.5. The molecular formula is C22H18O5S. The molecule has 0 fully saturated rings. The Bertz CT molecular complexity index is 1010. The number of rotatable bonds is 7. The summed E-state index contributed by atoms with van der Waals surface area (Å²) in [7, 11) is 3.07. The fourth-order valence-electron chi connectivity index (χ4n) is 2.52. The van der Waals surface area contributed by atoms with E-state index in [1.54, 1.807) is 42.8 Å². The third-order valence-electron chi connectivity index (χ3n) is 3.93. The number of hydrogen-bond donors (Lipinski definition) is 0. The van der Waals surface area contributed by atoms with Gasteiger partial charge in [0.1, 0.15) is 22.1 Å². The third kappa shape index (κ3) is 4.47. The molecule has 0 aliphatic carbocycles. The van der Waals surface area contributed by atoms with Gasteiger partial charge in [-0.05, 0) is 41.8 Å². The van der Waals surface area contributed by atoms with Crippen LogP contribution in [0.25, 0.3) is 6.08 Å². The van der Waals surface area contributed by atoms with E-state index in [1.807, 2.05) is 24.3 Å². The Kier molecular flexibility index (Phi) is 6.24. The van der Waals surface area contributed by atoms with Crippen molar-refractivity contribution in [2.24, 2.45) is 0 Å². The van der Waals surface area contributed by atoms with Gasteiger partial charge in [0, 0.05) is 11.6 Å². The Balaban J connectivity index is 1.88. The highest BCUT2D eigenvalue weighted by Gasteiger charge is 2.17. The molecule has 3 aromatic rings. The van der Waals surface area contributed by atoms with Crippen molar-refractivity contribution in [3.63, 3.8) is 0 Å². The molecule has 0 spiro atoms. The van der Waals surface area contributed by atoms with Crippen LogP contribution in [-0.4, -0.2) is 26.0 Å². The van der Waals surface area contributed by atoms with Crippen molar-refractivity contribution in [2.75, 3.05) is 14.2 Å². The van der Waals surface area contributed by atoms with E-state index < -0.39 is 5.97 Å². The SMILES string of the molecule is COc1ccc(C(=O)C=Cc2ccccc2OC)c(OC(=O)c2cccs2)c1. The van der Waals surface area contributed by atoms with Gasteiger partial charge in [-0.25, -0.2) is 4.79 Å². The quantitative estimate of drug-likeness (QED) is 0.247. The maximum Gasteiger partial charge on any atom is 0.353 e. The van der Waals surface area contributed by atoms with Gasteiger partial charge in [0.15, 0.2) is 5.78 Å². The summed E-state index contributed by atoms with van der Waals surface area (Å²) in [5.41, 5.74) is 1.03. The molecule has 1 heterocycles. The Hall–Kier alpha value is -3.38. The highest BCUT2D eigenvalue weighted by molar-refractivity contribution is 7.12. The van der Waals surface area contributed by atoms with Crippen molar-refractivity contribution in [2.45, 2.75) is 0 Å². The van der Waals surface area contributed by atoms with Crippen LogP contribution in [0.15, 0.2) is 66.1 Å². The second kappa shape index (κ2) is 9.01. The Morgan fingerprint density at radius 3 is 2.46 bits per heavy atom. The first-order valence-corrected chi connectivity index (χ1v) is 9.29. The molecule has 0 aliphatic heterocycles. The first kappa shape index (κ1) is 19.4. The standard InChI is InChI=1S/C22H18O5S/c1-25-16-10-11-17(20(14-16)27-22(24)21-8-5-13-28-21)18(23)12-9-15-6-3-4-7-19(15)26-2/h3-14H,1-2H3. The van der Waals surface area contributed by atoms with Crippen molar-refractivity contribution >= 4 is 29.2 Å². The minimum Gasteiger partial charge on any atom is -0.497 e. The third-order valence-corrected chi connectivity index (χ3v) is 4.78. The lowest BCUT2D eigenvalue weighted by atomic mass is 10.1. The summed E-state index contributed by atoms with van der Waals surface area (Å²) in [5, 5.41) is 1.78. The van der Waals surface area contributed by atoms with E-state index in [0.717, 1.165) is 5.56 Å². The van der Waals surface area contributed by atoms with Crippen LogP contribution in [0, 0.1) is 0 Å². The lowest BCUT2D eigenvalue weighted by molar-refractivity contribution is 0.0738. The van der Waals surface area contributed by atoms with Crippen LogP contribution in [0.1, 0.15) is 25.6 Å². The lowest BCUT2D eigenvalue weighted by Crippen LogP contribution is -2.10. The minimum absolute atomic E-state index is 0.146. The van der Waals surface area contributed by atoms with E-state index in [4.69, 9.17) is 14.2 Å². The number of carbonyl (C=O) groups excluding carboxylic acids is 2. The average molecular weight is 394 g/mol. The molecule has 6 heteroatoms. The molecule has 142 valence electrons. The molecule has 3 rings (SSSR count). The number of methoxy groups -OCH3 is 2. The normalized spacial score (nSPS) is 10.6. The fourth-order valence-corrected chi connectivity index (χ4v) is 3.12. The van der Waals surface area contributed by atoms with Gasteiger partial charge in [-0.1, -0.05) is 24.3 Å². The number of hydrogen-bond acceptors (Lipinski definition) is 6. The van der Waals surface area contributed by atoms with Crippen LogP contribution in [0.2, 0.25) is 0 Å². The lowest BCUT2D eigenvalue weighted by Gasteiger charge is -2.10. The number of ketones is 1. The fraction of sp³-hybridized carbons (Fsp3) is 0.0909. The molecule has 0 amide bonds. The predicted molar refractivity (Wildman–Crippen MR) is 109 cm³/mol. The highest BCUT2D eigenvalue weighted by atomic mass is 32.1. The zero-order valence-electron chi connectivity index (χ0n) is 15.4. The Morgan fingerprint density at radius 1 is 0.929 bits per heavy atom. The molecule has 0 atom stereocenters. The van der Waals surface area contributed by atoms with Gasteiger partial charge >= 0.3 is 5.97 Å². The van der Waals surface area contributed by atoms with E-state index in [-0.39, 0.29) is 17.1 Å². The number of allylic oxidation sites excluding steroid dienone is 1. The monoisotopic (exact) mass is 394 g/mol. The van der Waals surface area contributed by atoms with Crippen LogP contribution >= 0.6 is 11.3 Å². The van der Waals surface area contributed by atoms with Gasteiger partial charge < -0.3 is 14.2 Å². The van der Waals surface area contributed by atoms with E-state index in [9.17, 15) is 9.59 Å². The minimum atomic E-state index is -0.522. The molecule has 1 aromatic heterocycles. The number of benzene rings is 2. The van der Waals surface area contributed by atoms with Crippen LogP contribution < -0.4 is 14.2 Å². The topological polar surface area (TPSA) is 61.8 Å². The van der Waals surface area contributed by atoms with Gasteiger partial charge in [-0.3, -0.25) is 4.79 Å². The second-order valence-corrected chi connectivity index (χ2v) is 6.62. The summed E-state index contributed by atoms with van der Waals surface area (Å²) >= 11 is 1.27. The molecule has 0 saturated heterocycles. The van der Waals surface area contributed by atoms with E-state index in [2.05, 4.69) is 0 Å². The molecule has 2 aromatic carbocycles. The summed E-state index contributed by atoms with van der Waals surface area (Å²) in [6.45, 7) is 0. The molecule has 5 nitrogen and oxygen atoms in total. The predicted octanol–water partition coefficient (Wildman–Crippen LogP) is 4.88. The van der Waals surface area contributed by atoms with Gasteiger partial charge in [-0.15, -0.1) is 11.3 Å². The molecule has 0 N–H and O–H groups in total.